The Labute approximate surface area is 86.9 Å². The van der Waals surface area contributed by atoms with Gasteiger partial charge in [0.2, 0.25) is 0 Å². The Hall–Kier alpha value is -0.630. The van der Waals surface area contributed by atoms with Crippen LogP contribution in [0.3, 0.4) is 0 Å². The van der Waals surface area contributed by atoms with Gasteiger partial charge in [0.25, 0.3) is 0 Å². The summed E-state index contributed by atoms with van der Waals surface area (Å²) in [6, 6.07) is 4.12. The standard InChI is InChI=1S/C11H11ClF2/c12-9-3-1-7(5-9)8-2-4-10(13)11(14)6-8/h2,4,6-7,9H,1,3,5H2. The van der Waals surface area contributed by atoms with Crippen molar-refractivity contribution in [1.29, 1.82) is 0 Å². The normalized spacial score (nSPS) is 26.8. The van der Waals surface area contributed by atoms with Crippen LogP contribution in [0.25, 0.3) is 0 Å². The van der Waals surface area contributed by atoms with Crippen molar-refractivity contribution in [3.63, 3.8) is 0 Å². The molecule has 1 aliphatic rings. The van der Waals surface area contributed by atoms with Gasteiger partial charge in [-0.25, -0.2) is 8.78 Å². The summed E-state index contributed by atoms with van der Waals surface area (Å²) in [6.45, 7) is 0. The molecule has 2 rings (SSSR count). The summed E-state index contributed by atoms with van der Waals surface area (Å²) in [4.78, 5) is 0. The fraction of sp³-hybridized carbons (Fsp3) is 0.455. The Morgan fingerprint density at radius 2 is 1.93 bits per heavy atom. The summed E-state index contributed by atoms with van der Waals surface area (Å²) >= 11 is 5.96. The molecule has 1 aliphatic carbocycles. The van der Waals surface area contributed by atoms with Gasteiger partial charge in [0, 0.05) is 5.38 Å². The monoisotopic (exact) mass is 216 g/mol. The second kappa shape index (κ2) is 3.85. The molecule has 0 aliphatic heterocycles. The first-order chi connectivity index (χ1) is 6.66. The van der Waals surface area contributed by atoms with Gasteiger partial charge in [0.05, 0.1) is 0 Å². The summed E-state index contributed by atoms with van der Waals surface area (Å²) in [6.07, 6.45) is 2.80. The van der Waals surface area contributed by atoms with E-state index in [1.807, 2.05) is 0 Å². The molecule has 1 aromatic carbocycles. The Morgan fingerprint density at radius 3 is 2.50 bits per heavy atom. The molecular weight excluding hydrogens is 206 g/mol. The van der Waals surface area contributed by atoms with Gasteiger partial charge in [0.15, 0.2) is 11.6 Å². The molecular formula is C11H11ClF2. The molecule has 3 heteroatoms. The molecule has 76 valence electrons. The molecule has 0 aromatic heterocycles. The van der Waals surface area contributed by atoms with Crippen LogP contribution in [-0.2, 0) is 0 Å². The molecule has 0 saturated heterocycles. The van der Waals surface area contributed by atoms with E-state index in [1.165, 1.54) is 12.1 Å². The predicted molar refractivity (Wildman–Crippen MR) is 52.6 cm³/mol. The van der Waals surface area contributed by atoms with E-state index in [-0.39, 0.29) is 5.38 Å². The summed E-state index contributed by atoms with van der Waals surface area (Å²) in [5.74, 6) is -1.25. The molecule has 0 heterocycles. The van der Waals surface area contributed by atoms with Crippen LogP contribution in [0.2, 0.25) is 0 Å². The first kappa shape index (κ1) is 9.91. The first-order valence-electron chi connectivity index (χ1n) is 4.76. The van der Waals surface area contributed by atoms with Gasteiger partial charge >= 0.3 is 0 Å². The van der Waals surface area contributed by atoms with Crippen molar-refractivity contribution in [2.45, 2.75) is 30.6 Å². The smallest absolute Gasteiger partial charge is 0.159 e. The maximum absolute atomic E-state index is 12.9. The summed E-state index contributed by atoms with van der Waals surface area (Å²) in [5, 5.41) is 0.188. The highest BCUT2D eigenvalue weighted by atomic mass is 35.5. The zero-order valence-electron chi connectivity index (χ0n) is 7.64. The van der Waals surface area contributed by atoms with E-state index in [9.17, 15) is 8.78 Å². The lowest BCUT2D eigenvalue weighted by Gasteiger charge is -2.09. The average Bonchev–Trinajstić information content (AvgIpc) is 2.57. The lowest BCUT2D eigenvalue weighted by molar-refractivity contribution is 0.505. The minimum atomic E-state index is -0.783. The van der Waals surface area contributed by atoms with Crippen LogP contribution in [0.15, 0.2) is 18.2 Å². The molecule has 14 heavy (non-hydrogen) atoms. The number of hydrogen-bond acceptors (Lipinski definition) is 0. The van der Waals surface area contributed by atoms with Crippen LogP contribution in [0.5, 0.6) is 0 Å². The quantitative estimate of drug-likeness (QED) is 0.626. The van der Waals surface area contributed by atoms with Crippen molar-refractivity contribution in [2.24, 2.45) is 0 Å². The van der Waals surface area contributed by atoms with Crippen molar-refractivity contribution in [1.82, 2.24) is 0 Å². The van der Waals surface area contributed by atoms with Crippen LogP contribution in [0.4, 0.5) is 8.78 Å². The van der Waals surface area contributed by atoms with Crippen LogP contribution in [0.1, 0.15) is 30.7 Å². The van der Waals surface area contributed by atoms with Crippen LogP contribution in [0, 0.1) is 11.6 Å². The second-order valence-electron chi connectivity index (χ2n) is 3.78. The van der Waals surface area contributed by atoms with Crippen LogP contribution >= 0.6 is 11.6 Å². The molecule has 2 atom stereocenters. The molecule has 1 saturated carbocycles. The minimum Gasteiger partial charge on any atom is -0.204 e. The van der Waals surface area contributed by atoms with E-state index in [1.54, 1.807) is 6.07 Å². The van der Waals surface area contributed by atoms with Crippen molar-refractivity contribution >= 4 is 11.6 Å². The Balaban J connectivity index is 2.20. The van der Waals surface area contributed by atoms with Gasteiger partial charge in [-0.2, -0.15) is 0 Å². The zero-order valence-corrected chi connectivity index (χ0v) is 8.40. The summed E-state index contributed by atoms with van der Waals surface area (Å²) < 4.78 is 25.6. The van der Waals surface area contributed by atoms with E-state index < -0.39 is 11.6 Å². The fourth-order valence-electron chi connectivity index (χ4n) is 2.00. The number of alkyl halides is 1. The number of benzene rings is 1. The third kappa shape index (κ3) is 1.90. The van der Waals surface area contributed by atoms with Gasteiger partial charge in [-0.1, -0.05) is 6.07 Å². The fourth-order valence-corrected chi connectivity index (χ4v) is 2.34. The van der Waals surface area contributed by atoms with Gasteiger partial charge in [-0.15, -0.1) is 11.6 Å². The molecule has 1 aromatic rings. The van der Waals surface area contributed by atoms with Crippen molar-refractivity contribution in [3.8, 4) is 0 Å². The van der Waals surface area contributed by atoms with Gasteiger partial charge in [-0.3, -0.25) is 0 Å². The lowest BCUT2D eigenvalue weighted by Crippen LogP contribution is -1.96. The topological polar surface area (TPSA) is 0 Å². The minimum absolute atomic E-state index is 0.188. The summed E-state index contributed by atoms with van der Waals surface area (Å²) in [7, 11) is 0. The number of rotatable bonds is 1. The molecule has 0 nitrogen and oxygen atoms in total. The highest BCUT2D eigenvalue weighted by Crippen LogP contribution is 2.37. The number of halogens is 3. The zero-order chi connectivity index (χ0) is 10.1. The van der Waals surface area contributed by atoms with E-state index in [4.69, 9.17) is 11.6 Å². The Kier molecular flexibility index (Phi) is 2.73. The molecule has 0 bridgehead atoms. The van der Waals surface area contributed by atoms with Gasteiger partial charge in [-0.05, 0) is 42.9 Å². The molecule has 2 unspecified atom stereocenters. The molecule has 0 radical (unpaired) electrons. The molecule has 0 amide bonds. The lowest BCUT2D eigenvalue weighted by atomic mass is 9.98. The van der Waals surface area contributed by atoms with Crippen LogP contribution < -0.4 is 0 Å². The first-order valence-corrected chi connectivity index (χ1v) is 5.19. The van der Waals surface area contributed by atoms with Crippen molar-refractivity contribution in [3.05, 3.63) is 35.4 Å². The average molecular weight is 217 g/mol. The molecule has 0 N–H and O–H groups in total. The van der Waals surface area contributed by atoms with E-state index in [0.717, 1.165) is 24.8 Å². The third-order valence-corrected chi connectivity index (χ3v) is 3.18. The maximum atomic E-state index is 12.9. The van der Waals surface area contributed by atoms with E-state index >= 15 is 0 Å². The highest BCUT2D eigenvalue weighted by Gasteiger charge is 2.24. The second-order valence-corrected chi connectivity index (χ2v) is 4.40. The van der Waals surface area contributed by atoms with Crippen molar-refractivity contribution in [2.75, 3.05) is 0 Å². The SMILES string of the molecule is Fc1ccc(C2CCC(Cl)C2)cc1F. The van der Waals surface area contributed by atoms with Gasteiger partial charge in [0.1, 0.15) is 0 Å². The number of hydrogen-bond donors (Lipinski definition) is 0. The van der Waals surface area contributed by atoms with E-state index in [0.29, 0.717) is 5.92 Å². The predicted octanol–water partition coefficient (Wildman–Crippen LogP) is 3.84. The Morgan fingerprint density at radius 1 is 1.14 bits per heavy atom. The van der Waals surface area contributed by atoms with E-state index in [2.05, 4.69) is 0 Å². The highest BCUT2D eigenvalue weighted by molar-refractivity contribution is 6.20. The Bertz CT molecular complexity index is 338. The molecule has 0 spiro atoms. The molecule has 1 fully saturated rings. The van der Waals surface area contributed by atoms with Gasteiger partial charge < -0.3 is 0 Å². The van der Waals surface area contributed by atoms with Crippen molar-refractivity contribution < 1.29 is 8.78 Å². The third-order valence-electron chi connectivity index (χ3n) is 2.78. The van der Waals surface area contributed by atoms with Crippen LogP contribution in [-0.4, -0.2) is 5.38 Å². The maximum Gasteiger partial charge on any atom is 0.159 e. The largest absolute Gasteiger partial charge is 0.204 e. The summed E-state index contributed by atoms with van der Waals surface area (Å²) in [5.41, 5.74) is 0.868.